The van der Waals surface area contributed by atoms with Crippen LogP contribution in [-0.4, -0.2) is 16.0 Å². The zero-order valence-corrected chi connectivity index (χ0v) is 16.6. The highest BCUT2D eigenvalue weighted by Crippen LogP contribution is 2.35. The number of nitrogens with zero attached hydrogens (tertiary/aromatic N) is 1. The van der Waals surface area contributed by atoms with Crippen LogP contribution in [0.4, 0.5) is 4.79 Å². The highest BCUT2D eigenvalue weighted by Gasteiger charge is 2.35. The number of imide groups is 1. The van der Waals surface area contributed by atoms with Crippen LogP contribution in [0.3, 0.4) is 0 Å². The number of thioether (sulfide) groups is 1. The van der Waals surface area contributed by atoms with Gasteiger partial charge >= 0.3 is 0 Å². The van der Waals surface area contributed by atoms with Gasteiger partial charge in [-0.3, -0.25) is 14.5 Å². The van der Waals surface area contributed by atoms with Gasteiger partial charge < -0.3 is 0 Å². The van der Waals surface area contributed by atoms with Gasteiger partial charge in [0, 0.05) is 19.2 Å². The van der Waals surface area contributed by atoms with E-state index >= 15 is 0 Å². The van der Waals surface area contributed by atoms with Gasteiger partial charge in [0.05, 0.1) is 11.4 Å². The van der Waals surface area contributed by atoms with Crippen LogP contribution >= 0.6 is 57.6 Å². The Morgan fingerprint density at radius 2 is 1.67 bits per heavy atom. The van der Waals surface area contributed by atoms with Gasteiger partial charge in [-0.05, 0) is 70.3 Å². The summed E-state index contributed by atoms with van der Waals surface area (Å²) in [7, 11) is 0. The zero-order valence-electron chi connectivity index (χ0n) is 12.1. The first-order chi connectivity index (χ1) is 11.5. The van der Waals surface area contributed by atoms with Gasteiger partial charge in [0.15, 0.2) is 0 Å². The Labute approximate surface area is 167 Å². The molecule has 2 aromatic rings. The molecule has 1 saturated heterocycles. The van der Waals surface area contributed by atoms with Crippen molar-refractivity contribution in [1.29, 1.82) is 0 Å². The van der Waals surface area contributed by atoms with Crippen LogP contribution in [0.1, 0.15) is 11.1 Å². The number of rotatable bonds is 3. The van der Waals surface area contributed by atoms with E-state index in [9.17, 15) is 9.59 Å². The number of amides is 2. The van der Waals surface area contributed by atoms with Gasteiger partial charge in [-0.25, -0.2) is 0 Å². The van der Waals surface area contributed by atoms with E-state index < -0.39 is 0 Å². The molecule has 1 aliphatic heterocycles. The normalized spacial score (nSPS) is 16.3. The van der Waals surface area contributed by atoms with Gasteiger partial charge in [-0.15, -0.1) is 0 Å². The van der Waals surface area contributed by atoms with Crippen LogP contribution in [0.25, 0.3) is 6.08 Å². The van der Waals surface area contributed by atoms with Crippen molar-refractivity contribution in [3.63, 3.8) is 0 Å². The van der Waals surface area contributed by atoms with E-state index in [0.29, 0.717) is 20.5 Å². The van der Waals surface area contributed by atoms with Crippen molar-refractivity contribution in [2.45, 2.75) is 6.54 Å². The highest BCUT2D eigenvalue weighted by atomic mass is 127. The third-order valence-electron chi connectivity index (χ3n) is 3.42. The molecule has 0 spiro atoms. The topological polar surface area (TPSA) is 37.4 Å². The molecule has 2 amide bonds. The fourth-order valence-electron chi connectivity index (χ4n) is 2.19. The lowest BCUT2D eigenvalue weighted by Crippen LogP contribution is -2.27. The monoisotopic (exact) mass is 489 g/mol. The van der Waals surface area contributed by atoms with E-state index in [2.05, 4.69) is 22.6 Å². The van der Waals surface area contributed by atoms with Crippen molar-refractivity contribution in [1.82, 2.24) is 4.90 Å². The van der Waals surface area contributed by atoms with Crippen LogP contribution in [0.2, 0.25) is 10.0 Å². The molecule has 0 bridgehead atoms. The molecule has 0 aromatic heterocycles. The molecular weight excluding hydrogens is 480 g/mol. The maximum atomic E-state index is 12.5. The van der Waals surface area contributed by atoms with Crippen molar-refractivity contribution in [3.8, 4) is 0 Å². The Kier molecular flexibility index (Phi) is 5.54. The van der Waals surface area contributed by atoms with Crippen LogP contribution < -0.4 is 0 Å². The van der Waals surface area contributed by atoms with Gasteiger partial charge in [0.1, 0.15) is 0 Å². The third-order valence-corrected chi connectivity index (χ3v) is 5.75. The first-order valence-electron chi connectivity index (χ1n) is 6.89. The largest absolute Gasteiger partial charge is 0.293 e. The van der Waals surface area contributed by atoms with Crippen molar-refractivity contribution in [2.75, 3.05) is 0 Å². The quantitative estimate of drug-likeness (QED) is 0.401. The summed E-state index contributed by atoms with van der Waals surface area (Å²) in [5.74, 6) is -0.334. The Balaban J connectivity index is 1.85. The smallest absolute Gasteiger partial charge is 0.268 e. The Morgan fingerprint density at radius 1 is 1.04 bits per heavy atom. The first kappa shape index (κ1) is 17.8. The average molecular weight is 490 g/mol. The predicted octanol–water partition coefficient (Wildman–Crippen LogP) is 5.83. The predicted molar refractivity (Wildman–Crippen MR) is 107 cm³/mol. The second-order valence-electron chi connectivity index (χ2n) is 5.02. The number of hydrogen-bond donors (Lipinski definition) is 0. The number of carbonyl (C=O) groups excluding carboxylic acids is 2. The van der Waals surface area contributed by atoms with E-state index in [0.717, 1.165) is 25.8 Å². The van der Waals surface area contributed by atoms with E-state index in [1.54, 1.807) is 24.3 Å². The average Bonchev–Trinajstić information content (AvgIpc) is 2.80. The van der Waals surface area contributed by atoms with E-state index in [-0.39, 0.29) is 17.7 Å². The van der Waals surface area contributed by atoms with Crippen molar-refractivity contribution >= 4 is 74.8 Å². The van der Waals surface area contributed by atoms with Gasteiger partial charge in [-0.2, -0.15) is 0 Å². The van der Waals surface area contributed by atoms with Gasteiger partial charge in [0.2, 0.25) is 0 Å². The van der Waals surface area contributed by atoms with Gasteiger partial charge in [-0.1, -0.05) is 41.4 Å². The van der Waals surface area contributed by atoms with Crippen LogP contribution in [0.5, 0.6) is 0 Å². The molecule has 0 radical (unpaired) electrons. The molecule has 0 aliphatic carbocycles. The Bertz CT molecular complexity index is 832. The van der Waals surface area contributed by atoms with Crippen LogP contribution in [0.15, 0.2) is 47.4 Å². The van der Waals surface area contributed by atoms with E-state index in [1.165, 1.54) is 0 Å². The summed E-state index contributed by atoms with van der Waals surface area (Å²) in [5.41, 5.74) is 1.44. The zero-order chi connectivity index (χ0) is 17.3. The minimum Gasteiger partial charge on any atom is -0.268 e. The van der Waals surface area contributed by atoms with E-state index in [4.69, 9.17) is 23.2 Å². The number of benzene rings is 2. The molecule has 1 aliphatic rings. The lowest BCUT2D eigenvalue weighted by molar-refractivity contribution is -0.123. The summed E-state index contributed by atoms with van der Waals surface area (Å²) in [5, 5.41) is 0.541. The Morgan fingerprint density at radius 3 is 2.29 bits per heavy atom. The summed E-state index contributed by atoms with van der Waals surface area (Å²) >= 11 is 15.4. The standard InChI is InChI=1S/C17H10Cl2INO2S/c18-13-2-1-3-14(19)12(13)9-21-16(22)15(24-17(21)23)8-10-4-6-11(20)7-5-10/h1-8H,9H2/b15-8-. The van der Waals surface area contributed by atoms with E-state index in [1.807, 2.05) is 24.3 Å². The third kappa shape index (κ3) is 3.79. The number of halogens is 3. The highest BCUT2D eigenvalue weighted by molar-refractivity contribution is 14.1. The summed E-state index contributed by atoms with van der Waals surface area (Å²) in [6.45, 7) is 0.0627. The second-order valence-corrected chi connectivity index (χ2v) is 8.07. The first-order valence-corrected chi connectivity index (χ1v) is 9.54. The molecule has 0 N–H and O–H groups in total. The minimum atomic E-state index is -0.334. The molecule has 3 nitrogen and oxygen atoms in total. The molecule has 0 saturated carbocycles. The maximum absolute atomic E-state index is 12.5. The summed E-state index contributed by atoms with van der Waals surface area (Å²) < 4.78 is 1.10. The van der Waals surface area contributed by atoms with Crippen LogP contribution in [0, 0.1) is 3.57 Å². The molecule has 1 fully saturated rings. The van der Waals surface area contributed by atoms with Gasteiger partial charge in [0.25, 0.3) is 11.1 Å². The summed E-state index contributed by atoms with van der Waals surface area (Å²) in [6.07, 6.45) is 1.72. The minimum absolute atomic E-state index is 0.0627. The maximum Gasteiger partial charge on any atom is 0.293 e. The molecule has 24 heavy (non-hydrogen) atoms. The van der Waals surface area contributed by atoms with Crippen LogP contribution in [-0.2, 0) is 11.3 Å². The molecule has 3 rings (SSSR count). The molecule has 2 aromatic carbocycles. The fraction of sp³-hybridized carbons (Fsp3) is 0.0588. The Hall–Kier alpha value is -1.02. The second kappa shape index (κ2) is 7.47. The lowest BCUT2D eigenvalue weighted by atomic mass is 10.2. The molecule has 0 atom stereocenters. The molecular formula is C17H10Cl2INO2S. The number of carbonyl (C=O) groups is 2. The van der Waals surface area contributed by atoms with Crippen molar-refractivity contribution < 1.29 is 9.59 Å². The molecule has 0 unspecified atom stereocenters. The summed E-state index contributed by atoms with van der Waals surface area (Å²) in [4.78, 5) is 26.3. The summed E-state index contributed by atoms with van der Waals surface area (Å²) in [6, 6.07) is 12.8. The SMILES string of the molecule is O=C1S/C(=C\c2ccc(I)cc2)C(=O)N1Cc1c(Cl)cccc1Cl. The van der Waals surface area contributed by atoms with Crippen molar-refractivity contribution in [3.05, 3.63) is 72.1 Å². The molecule has 122 valence electrons. The number of hydrogen-bond acceptors (Lipinski definition) is 3. The molecule has 7 heteroatoms. The fourth-order valence-corrected chi connectivity index (χ4v) is 3.90. The molecule has 1 heterocycles. The van der Waals surface area contributed by atoms with Crippen molar-refractivity contribution in [2.24, 2.45) is 0 Å². The lowest BCUT2D eigenvalue weighted by Gasteiger charge is -2.14.